The number of hydrogen-bond acceptors (Lipinski definition) is 4. The van der Waals surface area contributed by atoms with Crippen LogP contribution in [-0.2, 0) is 20.9 Å². The maximum atomic E-state index is 10.8. The Balaban J connectivity index is 0.000000459. The number of ether oxygens (including phenoxy) is 1. The SMILES string of the molecule is CC(=O)[C@H](C)O.CC(=O)[C@H](C)OCc1ccccc1. The molecule has 0 bridgehead atoms. The molecule has 4 heteroatoms. The largest absolute Gasteiger partial charge is 0.386 e. The van der Waals surface area contributed by atoms with Gasteiger partial charge in [0.25, 0.3) is 0 Å². The predicted molar refractivity (Wildman–Crippen MR) is 73.7 cm³/mol. The van der Waals surface area contributed by atoms with Crippen LogP contribution in [0.4, 0.5) is 0 Å². The summed E-state index contributed by atoms with van der Waals surface area (Å²) in [6, 6.07) is 9.83. The van der Waals surface area contributed by atoms with Crippen molar-refractivity contribution in [3.05, 3.63) is 35.9 Å². The maximum Gasteiger partial charge on any atom is 0.158 e. The van der Waals surface area contributed by atoms with E-state index in [1.807, 2.05) is 30.3 Å². The molecule has 0 saturated heterocycles. The lowest BCUT2D eigenvalue weighted by atomic mass is 10.2. The minimum atomic E-state index is -0.787. The third kappa shape index (κ3) is 9.11. The number of Topliss-reactive ketones (excluding diaryl/α,β-unsaturated/α-hetero) is 2. The van der Waals surface area contributed by atoms with E-state index in [1.54, 1.807) is 6.92 Å². The summed E-state index contributed by atoms with van der Waals surface area (Å²) < 4.78 is 5.34. The maximum absolute atomic E-state index is 10.8. The Morgan fingerprint density at radius 2 is 1.58 bits per heavy atom. The smallest absolute Gasteiger partial charge is 0.158 e. The van der Waals surface area contributed by atoms with Crippen LogP contribution < -0.4 is 0 Å². The van der Waals surface area contributed by atoms with Crippen molar-refractivity contribution in [3.63, 3.8) is 0 Å². The van der Waals surface area contributed by atoms with Crippen molar-refractivity contribution in [1.82, 2.24) is 0 Å². The van der Waals surface area contributed by atoms with E-state index >= 15 is 0 Å². The first-order valence-electron chi connectivity index (χ1n) is 6.19. The van der Waals surface area contributed by atoms with Gasteiger partial charge in [-0.15, -0.1) is 0 Å². The van der Waals surface area contributed by atoms with E-state index < -0.39 is 6.10 Å². The number of hydrogen-bond donors (Lipinski definition) is 1. The summed E-state index contributed by atoms with van der Waals surface area (Å²) in [5, 5.41) is 8.28. The Kier molecular flexibility index (Phi) is 8.66. The van der Waals surface area contributed by atoms with E-state index in [1.165, 1.54) is 20.8 Å². The van der Waals surface area contributed by atoms with E-state index in [2.05, 4.69) is 0 Å². The van der Waals surface area contributed by atoms with Gasteiger partial charge in [-0.1, -0.05) is 30.3 Å². The molecule has 1 rings (SSSR count). The van der Waals surface area contributed by atoms with E-state index in [4.69, 9.17) is 9.84 Å². The third-order valence-electron chi connectivity index (χ3n) is 2.50. The zero-order valence-electron chi connectivity index (χ0n) is 11.9. The molecule has 1 N–H and O–H groups in total. The summed E-state index contributed by atoms with van der Waals surface area (Å²) >= 11 is 0. The van der Waals surface area contributed by atoms with Crippen LogP contribution in [-0.4, -0.2) is 28.9 Å². The van der Waals surface area contributed by atoms with Gasteiger partial charge >= 0.3 is 0 Å². The van der Waals surface area contributed by atoms with Gasteiger partial charge in [0.2, 0.25) is 0 Å². The number of benzene rings is 1. The fraction of sp³-hybridized carbons (Fsp3) is 0.467. The zero-order valence-corrected chi connectivity index (χ0v) is 11.9. The Hall–Kier alpha value is -1.52. The monoisotopic (exact) mass is 266 g/mol. The van der Waals surface area contributed by atoms with E-state index in [9.17, 15) is 9.59 Å². The lowest BCUT2D eigenvalue weighted by Crippen LogP contribution is -2.17. The number of aliphatic hydroxyl groups excluding tert-OH is 1. The van der Waals surface area contributed by atoms with Gasteiger partial charge in [-0.25, -0.2) is 0 Å². The Labute approximate surface area is 114 Å². The summed E-state index contributed by atoms with van der Waals surface area (Å²) in [6.07, 6.45) is -1.09. The molecule has 19 heavy (non-hydrogen) atoms. The topological polar surface area (TPSA) is 63.6 Å². The highest BCUT2D eigenvalue weighted by atomic mass is 16.5. The van der Waals surface area contributed by atoms with Gasteiger partial charge in [0.15, 0.2) is 11.6 Å². The molecular weight excluding hydrogens is 244 g/mol. The van der Waals surface area contributed by atoms with Crippen molar-refractivity contribution in [2.24, 2.45) is 0 Å². The fourth-order valence-electron chi connectivity index (χ4n) is 0.913. The normalized spacial score (nSPS) is 12.9. The first-order valence-corrected chi connectivity index (χ1v) is 6.19. The molecule has 0 fully saturated rings. The molecular formula is C15H22O4. The van der Waals surface area contributed by atoms with E-state index in [0.29, 0.717) is 6.61 Å². The van der Waals surface area contributed by atoms with Gasteiger partial charge in [-0.05, 0) is 33.3 Å². The van der Waals surface area contributed by atoms with Crippen LogP contribution in [0.3, 0.4) is 0 Å². The number of carbonyl (C=O) groups is 2. The number of carbonyl (C=O) groups excluding carboxylic acids is 2. The molecule has 0 aliphatic rings. The molecule has 2 atom stereocenters. The van der Waals surface area contributed by atoms with Gasteiger partial charge in [0.1, 0.15) is 12.2 Å². The summed E-state index contributed by atoms with van der Waals surface area (Å²) in [5.41, 5.74) is 1.09. The highest BCUT2D eigenvalue weighted by molar-refractivity contribution is 5.80. The van der Waals surface area contributed by atoms with Crippen LogP contribution in [0.2, 0.25) is 0 Å². The standard InChI is InChI=1S/C11H14O2.C4H8O2/c1-9(12)10(2)13-8-11-6-4-3-5-7-11;1-3(5)4(2)6/h3-7,10H,8H2,1-2H3;3,5H,1-2H3/t10-;3-/m00/s1. The lowest BCUT2D eigenvalue weighted by molar-refractivity contribution is -0.128. The van der Waals surface area contributed by atoms with Gasteiger partial charge in [0.05, 0.1) is 6.61 Å². The predicted octanol–water partition coefficient (Wildman–Crippen LogP) is 2.14. The summed E-state index contributed by atoms with van der Waals surface area (Å²) in [6.45, 7) is 6.61. The Bertz CT molecular complexity index is 384. The van der Waals surface area contributed by atoms with Crippen LogP contribution >= 0.6 is 0 Å². The first kappa shape index (κ1) is 17.5. The molecule has 0 aliphatic carbocycles. The minimum absolute atomic E-state index is 0.0657. The molecule has 1 aromatic rings. The summed E-state index contributed by atoms with van der Waals surface area (Å²) in [4.78, 5) is 20.7. The molecule has 106 valence electrons. The van der Waals surface area contributed by atoms with Crippen molar-refractivity contribution in [2.45, 2.75) is 46.5 Å². The molecule has 0 radical (unpaired) electrons. The lowest BCUT2D eigenvalue weighted by Gasteiger charge is -2.08. The van der Waals surface area contributed by atoms with Crippen molar-refractivity contribution in [2.75, 3.05) is 0 Å². The molecule has 0 spiro atoms. The van der Waals surface area contributed by atoms with Crippen LogP contribution in [0.1, 0.15) is 33.3 Å². The van der Waals surface area contributed by atoms with E-state index in [0.717, 1.165) is 5.56 Å². The number of aliphatic hydroxyl groups is 1. The van der Waals surface area contributed by atoms with Gasteiger partial charge in [0, 0.05) is 0 Å². The average molecular weight is 266 g/mol. The second kappa shape index (κ2) is 9.42. The molecule has 1 aromatic carbocycles. The third-order valence-corrected chi connectivity index (χ3v) is 2.50. The average Bonchev–Trinajstić information content (AvgIpc) is 2.37. The minimum Gasteiger partial charge on any atom is -0.386 e. The molecule has 0 saturated carbocycles. The van der Waals surface area contributed by atoms with Crippen LogP contribution in [0.15, 0.2) is 30.3 Å². The second-order valence-corrected chi connectivity index (χ2v) is 4.34. The Morgan fingerprint density at radius 1 is 1.11 bits per heavy atom. The van der Waals surface area contributed by atoms with Gasteiger partial charge in [-0.3, -0.25) is 9.59 Å². The highest BCUT2D eigenvalue weighted by Gasteiger charge is 2.06. The molecule has 0 heterocycles. The van der Waals surface area contributed by atoms with Gasteiger partial charge < -0.3 is 9.84 Å². The summed E-state index contributed by atoms with van der Waals surface area (Å²) in [7, 11) is 0. The van der Waals surface area contributed by atoms with Crippen LogP contribution in [0.5, 0.6) is 0 Å². The quantitative estimate of drug-likeness (QED) is 0.886. The van der Waals surface area contributed by atoms with Crippen molar-refractivity contribution >= 4 is 11.6 Å². The molecule has 4 nitrogen and oxygen atoms in total. The van der Waals surface area contributed by atoms with Crippen molar-refractivity contribution < 1.29 is 19.4 Å². The van der Waals surface area contributed by atoms with E-state index in [-0.39, 0.29) is 17.7 Å². The highest BCUT2D eigenvalue weighted by Crippen LogP contribution is 2.03. The molecule has 0 amide bonds. The zero-order chi connectivity index (χ0) is 14.8. The number of rotatable bonds is 5. The molecule has 0 aliphatic heterocycles. The second-order valence-electron chi connectivity index (χ2n) is 4.34. The van der Waals surface area contributed by atoms with Crippen LogP contribution in [0.25, 0.3) is 0 Å². The fourth-order valence-corrected chi connectivity index (χ4v) is 0.913. The Morgan fingerprint density at radius 3 is 1.95 bits per heavy atom. The van der Waals surface area contributed by atoms with Gasteiger partial charge in [-0.2, -0.15) is 0 Å². The summed E-state index contributed by atoms with van der Waals surface area (Å²) in [5.74, 6) is -0.120. The van der Waals surface area contributed by atoms with Crippen LogP contribution in [0, 0.1) is 0 Å². The first-order chi connectivity index (χ1) is 8.84. The number of ketones is 2. The molecule has 0 unspecified atom stereocenters. The van der Waals surface area contributed by atoms with Crippen molar-refractivity contribution in [1.29, 1.82) is 0 Å². The van der Waals surface area contributed by atoms with Crippen molar-refractivity contribution in [3.8, 4) is 0 Å². The molecule has 0 aromatic heterocycles.